The molecular weight excluding hydrogens is 353 g/mol. The minimum absolute atomic E-state index is 0.290. The standard InChI is InChI=1S/C15H10F5NO2S/c1-7-9(14(22)23)12(15(18,19)20)21-10(13(16)17)11(7)24-8-5-3-2-4-6-8/h2-6,13H,1H3,(H,22,23). The lowest BCUT2D eigenvalue weighted by Crippen LogP contribution is -2.19. The third-order valence-electron chi connectivity index (χ3n) is 3.07. The molecule has 0 atom stereocenters. The van der Waals surface area contributed by atoms with Gasteiger partial charge in [-0.2, -0.15) is 13.2 Å². The van der Waals surface area contributed by atoms with Gasteiger partial charge in [0.25, 0.3) is 6.43 Å². The zero-order valence-electron chi connectivity index (χ0n) is 12.1. The summed E-state index contributed by atoms with van der Waals surface area (Å²) in [5.74, 6) is -1.87. The number of alkyl halides is 5. The highest BCUT2D eigenvalue weighted by Crippen LogP contribution is 2.41. The molecule has 0 aliphatic heterocycles. The van der Waals surface area contributed by atoms with E-state index in [-0.39, 0.29) is 4.90 Å². The van der Waals surface area contributed by atoms with Crippen LogP contribution in [0.3, 0.4) is 0 Å². The quantitative estimate of drug-likeness (QED) is 0.759. The Hall–Kier alpha value is -2.16. The van der Waals surface area contributed by atoms with E-state index in [9.17, 15) is 26.7 Å². The summed E-state index contributed by atoms with van der Waals surface area (Å²) < 4.78 is 65.5. The van der Waals surface area contributed by atoms with E-state index in [0.717, 1.165) is 18.7 Å². The molecule has 9 heteroatoms. The van der Waals surface area contributed by atoms with Gasteiger partial charge < -0.3 is 5.11 Å². The van der Waals surface area contributed by atoms with Gasteiger partial charge in [0.15, 0.2) is 5.69 Å². The van der Waals surface area contributed by atoms with E-state index in [1.807, 2.05) is 0 Å². The van der Waals surface area contributed by atoms with Crippen LogP contribution in [0.25, 0.3) is 0 Å². The Morgan fingerprint density at radius 3 is 2.25 bits per heavy atom. The first-order valence-electron chi connectivity index (χ1n) is 6.49. The third-order valence-corrected chi connectivity index (χ3v) is 4.30. The molecule has 2 rings (SSSR count). The van der Waals surface area contributed by atoms with Gasteiger partial charge in [0.1, 0.15) is 5.69 Å². The lowest BCUT2D eigenvalue weighted by molar-refractivity contribution is -0.142. The van der Waals surface area contributed by atoms with E-state index in [1.165, 1.54) is 0 Å². The molecule has 1 aromatic heterocycles. The van der Waals surface area contributed by atoms with Crippen molar-refractivity contribution in [1.29, 1.82) is 0 Å². The van der Waals surface area contributed by atoms with E-state index >= 15 is 0 Å². The highest BCUT2D eigenvalue weighted by atomic mass is 32.2. The van der Waals surface area contributed by atoms with Crippen LogP contribution in [0.4, 0.5) is 22.0 Å². The summed E-state index contributed by atoms with van der Waals surface area (Å²) in [4.78, 5) is 14.4. The fourth-order valence-electron chi connectivity index (χ4n) is 2.06. The Labute approximate surface area is 137 Å². The summed E-state index contributed by atoms with van der Waals surface area (Å²) in [6, 6.07) is 8.05. The second-order valence-electron chi connectivity index (χ2n) is 4.69. The van der Waals surface area contributed by atoms with E-state index < -0.39 is 41.1 Å². The van der Waals surface area contributed by atoms with E-state index in [2.05, 4.69) is 4.98 Å². The van der Waals surface area contributed by atoms with Crippen LogP contribution in [0.1, 0.15) is 33.7 Å². The molecule has 3 nitrogen and oxygen atoms in total. The first-order valence-corrected chi connectivity index (χ1v) is 7.30. The number of carboxylic acids is 1. The molecule has 1 N–H and O–H groups in total. The molecule has 0 spiro atoms. The topological polar surface area (TPSA) is 50.2 Å². The Bertz CT molecular complexity index is 763. The number of halogens is 5. The van der Waals surface area contributed by atoms with Crippen LogP contribution in [0, 0.1) is 6.92 Å². The monoisotopic (exact) mass is 363 g/mol. The van der Waals surface area contributed by atoms with Crippen LogP contribution in [-0.4, -0.2) is 16.1 Å². The van der Waals surface area contributed by atoms with Crippen LogP contribution >= 0.6 is 11.8 Å². The predicted octanol–water partition coefficient (Wildman–Crippen LogP) is 5.20. The van der Waals surface area contributed by atoms with Gasteiger partial charge in [-0.25, -0.2) is 18.6 Å². The second kappa shape index (κ2) is 6.76. The Kier molecular flexibility index (Phi) is 5.12. The van der Waals surface area contributed by atoms with Crippen LogP contribution in [0.5, 0.6) is 0 Å². The van der Waals surface area contributed by atoms with Gasteiger partial charge in [-0.1, -0.05) is 30.0 Å². The molecule has 0 saturated heterocycles. The number of nitrogens with zero attached hydrogens (tertiary/aromatic N) is 1. The van der Waals surface area contributed by atoms with Crippen molar-refractivity contribution < 1.29 is 31.9 Å². The molecule has 1 heterocycles. The van der Waals surface area contributed by atoms with Gasteiger partial charge in [0.05, 0.1) is 5.56 Å². The average molecular weight is 363 g/mol. The smallest absolute Gasteiger partial charge is 0.434 e. The van der Waals surface area contributed by atoms with Crippen LogP contribution in [-0.2, 0) is 6.18 Å². The molecule has 0 fully saturated rings. The molecule has 1 aromatic carbocycles. The minimum atomic E-state index is -5.15. The maximum absolute atomic E-state index is 13.2. The molecule has 24 heavy (non-hydrogen) atoms. The van der Waals surface area contributed by atoms with Gasteiger partial charge in [-0.15, -0.1) is 0 Å². The SMILES string of the molecule is Cc1c(Sc2ccccc2)c(C(F)F)nc(C(F)(F)F)c1C(=O)O. The number of benzene rings is 1. The summed E-state index contributed by atoms with van der Waals surface area (Å²) in [6.45, 7) is 1.07. The zero-order chi connectivity index (χ0) is 18.1. The van der Waals surface area contributed by atoms with Crippen molar-refractivity contribution in [3.63, 3.8) is 0 Å². The van der Waals surface area contributed by atoms with Crippen molar-refractivity contribution in [3.8, 4) is 0 Å². The highest BCUT2D eigenvalue weighted by Gasteiger charge is 2.40. The van der Waals surface area contributed by atoms with Crippen molar-refractivity contribution >= 4 is 17.7 Å². The van der Waals surface area contributed by atoms with E-state index in [0.29, 0.717) is 4.90 Å². The summed E-state index contributed by atoms with van der Waals surface area (Å²) in [5, 5.41) is 9.09. The van der Waals surface area contributed by atoms with Crippen LogP contribution in [0.15, 0.2) is 40.1 Å². The number of hydrogen-bond donors (Lipinski definition) is 1. The van der Waals surface area contributed by atoms with Crippen molar-refractivity contribution in [2.24, 2.45) is 0 Å². The molecule has 0 unspecified atom stereocenters. The van der Waals surface area contributed by atoms with Gasteiger partial charge in [-0.05, 0) is 24.6 Å². The fourth-order valence-corrected chi connectivity index (χ4v) is 3.08. The first-order chi connectivity index (χ1) is 11.1. The molecule has 0 bridgehead atoms. The number of aromatic nitrogens is 1. The number of aromatic carboxylic acids is 1. The number of hydrogen-bond acceptors (Lipinski definition) is 3. The van der Waals surface area contributed by atoms with Crippen molar-refractivity contribution in [1.82, 2.24) is 4.98 Å². The predicted molar refractivity (Wildman–Crippen MR) is 76.5 cm³/mol. The normalized spacial score (nSPS) is 11.8. The van der Waals surface area contributed by atoms with Gasteiger partial charge in [0, 0.05) is 9.79 Å². The lowest BCUT2D eigenvalue weighted by Gasteiger charge is -2.18. The largest absolute Gasteiger partial charge is 0.478 e. The molecule has 2 aromatic rings. The second-order valence-corrected chi connectivity index (χ2v) is 5.78. The minimum Gasteiger partial charge on any atom is -0.478 e. The zero-order valence-corrected chi connectivity index (χ0v) is 12.9. The van der Waals surface area contributed by atoms with Crippen molar-refractivity contribution in [2.45, 2.75) is 29.3 Å². The third kappa shape index (κ3) is 3.66. The number of carbonyl (C=O) groups is 1. The lowest BCUT2D eigenvalue weighted by atomic mass is 10.1. The maximum atomic E-state index is 13.2. The summed E-state index contributed by atoms with van der Waals surface area (Å²) in [6.07, 6.45) is -8.43. The molecule has 0 saturated carbocycles. The van der Waals surface area contributed by atoms with Crippen molar-refractivity contribution in [3.05, 3.63) is 52.8 Å². The molecule has 0 aliphatic rings. The van der Waals surface area contributed by atoms with Gasteiger partial charge in [-0.3, -0.25) is 0 Å². The fraction of sp³-hybridized carbons (Fsp3) is 0.200. The van der Waals surface area contributed by atoms with Crippen LogP contribution < -0.4 is 0 Å². The summed E-state index contributed by atoms with van der Waals surface area (Å²) in [7, 11) is 0. The van der Waals surface area contributed by atoms with Crippen molar-refractivity contribution in [2.75, 3.05) is 0 Å². The summed E-state index contributed by atoms with van der Waals surface area (Å²) in [5.41, 5.74) is -4.42. The molecule has 0 amide bonds. The number of rotatable bonds is 4. The number of pyridine rings is 1. The van der Waals surface area contributed by atoms with Gasteiger partial charge >= 0.3 is 12.1 Å². The highest BCUT2D eigenvalue weighted by molar-refractivity contribution is 7.99. The number of carboxylic acid groups (broad SMARTS) is 1. The average Bonchev–Trinajstić information content (AvgIpc) is 2.48. The Balaban J connectivity index is 2.74. The molecule has 0 aliphatic carbocycles. The molecular formula is C15H10F5NO2S. The van der Waals surface area contributed by atoms with Gasteiger partial charge in [0.2, 0.25) is 0 Å². The molecule has 0 radical (unpaired) electrons. The molecule has 128 valence electrons. The van der Waals surface area contributed by atoms with E-state index in [4.69, 9.17) is 5.11 Å². The first kappa shape index (κ1) is 18.2. The maximum Gasteiger partial charge on any atom is 0.434 e. The van der Waals surface area contributed by atoms with E-state index in [1.54, 1.807) is 30.3 Å². The Morgan fingerprint density at radius 1 is 1.21 bits per heavy atom. The summed E-state index contributed by atoms with van der Waals surface area (Å²) >= 11 is 0.747. The van der Waals surface area contributed by atoms with Crippen LogP contribution in [0.2, 0.25) is 0 Å². The Morgan fingerprint density at radius 2 is 1.79 bits per heavy atom.